The fraction of sp³-hybridized carbons (Fsp3) is 0.286. The van der Waals surface area contributed by atoms with E-state index >= 15 is 0 Å². The SMILES string of the molecule is Cn1c(CNC(=O)C2CCCN2C(=O)c2ccc(Cl)c(Cl)c2)nc2ccccc21. The van der Waals surface area contributed by atoms with Gasteiger partial charge in [0.1, 0.15) is 11.9 Å². The normalized spacial score (nSPS) is 16.4. The van der Waals surface area contributed by atoms with Crippen LogP contribution in [0.3, 0.4) is 0 Å². The lowest BCUT2D eigenvalue weighted by molar-refractivity contribution is -0.125. The number of carbonyl (C=O) groups is 2. The number of aromatic nitrogens is 2. The van der Waals surface area contributed by atoms with E-state index in [4.69, 9.17) is 23.2 Å². The zero-order valence-electron chi connectivity index (χ0n) is 15.9. The second kappa shape index (κ2) is 8.05. The Kier molecular flexibility index (Phi) is 5.48. The number of fused-ring (bicyclic) bond motifs is 1. The van der Waals surface area contributed by atoms with Crippen LogP contribution >= 0.6 is 23.2 Å². The molecule has 0 spiro atoms. The Bertz CT molecular complexity index is 1100. The van der Waals surface area contributed by atoms with Crippen LogP contribution in [0, 0.1) is 0 Å². The maximum atomic E-state index is 12.9. The predicted octanol–water partition coefficient (Wildman–Crippen LogP) is 3.80. The number of halogens is 2. The maximum absolute atomic E-state index is 12.9. The minimum absolute atomic E-state index is 0.178. The van der Waals surface area contributed by atoms with E-state index < -0.39 is 6.04 Å². The van der Waals surface area contributed by atoms with Crippen molar-refractivity contribution in [3.05, 3.63) is 63.9 Å². The second-order valence-electron chi connectivity index (χ2n) is 7.08. The van der Waals surface area contributed by atoms with Crippen LogP contribution in [-0.4, -0.2) is 38.9 Å². The molecule has 8 heteroatoms. The van der Waals surface area contributed by atoms with E-state index in [-0.39, 0.29) is 11.8 Å². The highest BCUT2D eigenvalue weighted by atomic mass is 35.5. The molecular weight excluding hydrogens is 411 g/mol. The molecule has 29 heavy (non-hydrogen) atoms. The van der Waals surface area contributed by atoms with Gasteiger partial charge in [-0.3, -0.25) is 9.59 Å². The molecule has 0 bridgehead atoms. The Morgan fingerprint density at radius 3 is 2.72 bits per heavy atom. The zero-order valence-corrected chi connectivity index (χ0v) is 17.4. The molecule has 1 N–H and O–H groups in total. The molecule has 1 saturated heterocycles. The first-order chi connectivity index (χ1) is 14.0. The van der Waals surface area contributed by atoms with Gasteiger partial charge in [-0.2, -0.15) is 0 Å². The van der Waals surface area contributed by atoms with E-state index in [0.29, 0.717) is 35.1 Å². The monoisotopic (exact) mass is 430 g/mol. The molecule has 1 atom stereocenters. The maximum Gasteiger partial charge on any atom is 0.254 e. The van der Waals surface area contributed by atoms with Crippen LogP contribution in [-0.2, 0) is 18.4 Å². The first-order valence-electron chi connectivity index (χ1n) is 9.40. The number of hydrogen-bond acceptors (Lipinski definition) is 3. The molecular formula is C21H20Cl2N4O2. The van der Waals surface area contributed by atoms with E-state index in [1.807, 2.05) is 35.9 Å². The molecule has 1 aliphatic heterocycles. The van der Waals surface area contributed by atoms with Gasteiger partial charge >= 0.3 is 0 Å². The number of carbonyl (C=O) groups excluding carboxylic acids is 2. The number of nitrogens with zero attached hydrogens (tertiary/aromatic N) is 3. The average molecular weight is 431 g/mol. The number of aryl methyl sites for hydroxylation is 1. The van der Waals surface area contributed by atoms with Gasteiger partial charge in [0.25, 0.3) is 5.91 Å². The summed E-state index contributed by atoms with van der Waals surface area (Å²) in [5.74, 6) is 0.367. The number of amides is 2. The van der Waals surface area contributed by atoms with Crippen LogP contribution in [0.25, 0.3) is 11.0 Å². The molecule has 1 aromatic heterocycles. The Hall–Kier alpha value is -2.57. The van der Waals surface area contributed by atoms with Gasteiger partial charge in [0.15, 0.2) is 0 Å². The minimum Gasteiger partial charge on any atom is -0.347 e. The van der Waals surface area contributed by atoms with Crippen LogP contribution in [0.1, 0.15) is 29.0 Å². The summed E-state index contributed by atoms with van der Waals surface area (Å²) in [7, 11) is 1.92. The summed E-state index contributed by atoms with van der Waals surface area (Å²) in [5.41, 5.74) is 2.32. The number of likely N-dealkylation sites (tertiary alicyclic amines) is 1. The van der Waals surface area contributed by atoms with Crippen LogP contribution in [0.5, 0.6) is 0 Å². The highest BCUT2D eigenvalue weighted by molar-refractivity contribution is 6.42. The van der Waals surface area contributed by atoms with Gasteiger partial charge in [-0.05, 0) is 43.2 Å². The van der Waals surface area contributed by atoms with Crippen molar-refractivity contribution in [3.63, 3.8) is 0 Å². The van der Waals surface area contributed by atoms with E-state index in [2.05, 4.69) is 10.3 Å². The van der Waals surface area contributed by atoms with Gasteiger partial charge in [-0.25, -0.2) is 4.98 Å². The molecule has 4 rings (SSSR count). The Labute approximate surface area is 178 Å². The second-order valence-corrected chi connectivity index (χ2v) is 7.89. The fourth-order valence-corrected chi connectivity index (χ4v) is 4.01. The lowest BCUT2D eigenvalue weighted by Crippen LogP contribution is -2.45. The number of hydrogen-bond donors (Lipinski definition) is 1. The van der Waals surface area contributed by atoms with E-state index in [1.54, 1.807) is 23.1 Å². The lowest BCUT2D eigenvalue weighted by Gasteiger charge is -2.24. The van der Waals surface area contributed by atoms with Crippen LogP contribution in [0.2, 0.25) is 10.0 Å². The van der Waals surface area contributed by atoms with Crippen molar-refractivity contribution in [2.24, 2.45) is 7.05 Å². The molecule has 2 aromatic carbocycles. The summed E-state index contributed by atoms with van der Waals surface area (Å²) < 4.78 is 1.96. The fourth-order valence-electron chi connectivity index (χ4n) is 3.71. The summed E-state index contributed by atoms with van der Waals surface area (Å²) in [4.78, 5) is 31.9. The molecule has 2 heterocycles. The molecule has 3 aromatic rings. The van der Waals surface area contributed by atoms with Gasteiger partial charge in [0.2, 0.25) is 5.91 Å². The van der Waals surface area contributed by atoms with Gasteiger partial charge in [-0.15, -0.1) is 0 Å². The predicted molar refractivity (Wildman–Crippen MR) is 113 cm³/mol. The van der Waals surface area contributed by atoms with Crippen molar-refractivity contribution in [1.82, 2.24) is 19.8 Å². The molecule has 6 nitrogen and oxygen atoms in total. The highest BCUT2D eigenvalue weighted by Crippen LogP contribution is 2.26. The van der Waals surface area contributed by atoms with Gasteiger partial charge in [-0.1, -0.05) is 35.3 Å². The Balaban J connectivity index is 1.46. The summed E-state index contributed by atoms with van der Waals surface area (Å²) in [5, 5.41) is 3.65. The van der Waals surface area contributed by atoms with E-state index in [9.17, 15) is 9.59 Å². The third-order valence-electron chi connectivity index (χ3n) is 5.28. The number of imidazole rings is 1. The van der Waals surface area contributed by atoms with Crippen LogP contribution in [0.15, 0.2) is 42.5 Å². The average Bonchev–Trinajstić information content (AvgIpc) is 3.33. The molecule has 1 fully saturated rings. The van der Waals surface area contributed by atoms with Crippen molar-refractivity contribution >= 4 is 46.0 Å². The molecule has 0 aliphatic carbocycles. The van der Waals surface area contributed by atoms with Crippen molar-refractivity contribution in [2.75, 3.05) is 6.54 Å². The number of benzene rings is 2. The summed E-state index contributed by atoms with van der Waals surface area (Å²) in [6, 6.07) is 12.1. The lowest BCUT2D eigenvalue weighted by atomic mass is 10.1. The summed E-state index contributed by atoms with van der Waals surface area (Å²) >= 11 is 12.0. The van der Waals surface area contributed by atoms with Crippen molar-refractivity contribution < 1.29 is 9.59 Å². The quantitative estimate of drug-likeness (QED) is 0.684. The zero-order chi connectivity index (χ0) is 20.5. The van der Waals surface area contributed by atoms with Crippen molar-refractivity contribution in [1.29, 1.82) is 0 Å². The molecule has 1 aliphatic rings. The number of rotatable bonds is 4. The number of nitrogens with one attached hydrogen (secondary N) is 1. The Morgan fingerprint density at radius 2 is 1.97 bits per heavy atom. The van der Waals surface area contributed by atoms with Crippen LogP contribution in [0.4, 0.5) is 0 Å². The molecule has 150 valence electrons. The van der Waals surface area contributed by atoms with E-state index in [1.165, 1.54) is 0 Å². The molecule has 0 saturated carbocycles. The van der Waals surface area contributed by atoms with Crippen molar-refractivity contribution in [2.45, 2.75) is 25.4 Å². The van der Waals surface area contributed by atoms with Crippen molar-refractivity contribution in [3.8, 4) is 0 Å². The molecule has 0 radical (unpaired) electrons. The summed E-state index contributed by atoms with van der Waals surface area (Å²) in [6.45, 7) is 0.832. The largest absolute Gasteiger partial charge is 0.347 e. The van der Waals surface area contributed by atoms with Gasteiger partial charge in [0.05, 0.1) is 27.6 Å². The third kappa shape index (κ3) is 3.82. The highest BCUT2D eigenvalue weighted by Gasteiger charge is 2.34. The number of para-hydroxylation sites is 2. The third-order valence-corrected chi connectivity index (χ3v) is 6.02. The first-order valence-corrected chi connectivity index (χ1v) is 10.2. The van der Waals surface area contributed by atoms with Crippen LogP contribution < -0.4 is 5.32 Å². The minimum atomic E-state index is -0.508. The topological polar surface area (TPSA) is 67.2 Å². The smallest absolute Gasteiger partial charge is 0.254 e. The van der Waals surface area contributed by atoms with E-state index in [0.717, 1.165) is 23.3 Å². The molecule has 1 unspecified atom stereocenters. The summed E-state index contributed by atoms with van der Waals surface area (Å²) in [6.07, 6.45) is 1.40. The first kappa shape index (κ1) is 19.7. The van der Waals surface area contributed by atoms with Gasteiger partial charge < -0.3 is 14.8 Å². The van der Waals surface area contributed by atoms with Gasteiger partial charge in [0, 0.05) is 19.2 Å². The molecule has 2 amide bonds. The standard InChI is InChI=1S/C21H20Cl2N4O2/c1-26-17-6-3-2-5-16(17)25-19(26)12-24-20(28)18-7-4-10-27(18)21(29)13-8-9-14(22)15(23)11-13/h2-3,5-6,8-9,11,18H,4,7,10,12H2,1H3,(H,24,28). The Morgan fingerprint density at radius 1 is 1.17 bits per heavy atom.